The van der Waals surface area contributed by atoms with Crippen molar-refractivity contribution in [1.29, 1.82) is 0 Å². The maximum Gasteiger partial charge on any atom is 0.252 e. The smallest absolute Gasteiger partial charge is 0.252 e. The van der Waals surface area contributed by atoms with Gasteiger partial charge in [0, 0.05) is 73.7 Å². The number of rotatable bonds is 13. The van der Waals surface area contributed by atoms with Gasteiger partial charge in [0.15, 0.2) is 0 Å². The van der Waals surface area contributed by atoms with Gasteiger partial charge in [-0.15, -0.1) is 0 Å². The highest BCUT2D eigenvalue weighted by atomic mass is 15.2. The Morgan fingerprint density at radius 1 is 0.416 bits per heavy atom. The third-order valence-corrected chi connectivity index (χ3v) is 23.0. The minimum atomic E-state index is -0.210. The van der Waals surface area contributed by atoms with Crippen LogP contribution in [0.25, 0.3) is 77.6 Å². The first-order chi connectivity index (χ1) is 49.7. The number of benzene rings is 12. The van der Waals surface area contributed by atoms with Gasteiger partial charge in [0.05, 0.1) is 28.3 Å². The molecule has 2 saturated carbocycles. The van der Waals surface area contributed by atoms with Gasteiger partial charge in [0.1, 0.15) is 0 Å². The van der Waals surface area contributed by atoms with Gasteiger partial charge in [0.2, 0.25) is 0 Å². The fraction of sp³-hybridized carbons (Fsp3) is 0.146. The molecule has 1 atom stereocenters. The molecule has 0 radical (unpaired) electrons. The molecular formula is C96H79BN4. The van der Waals surface area contributed by atoms with Gasteiger partial charge in [-0.1, -0.05) is 288 Å². The molecule has 7 aliphatic rings. The molecule has 0 unspecified atom stereocenters. The second-order valence-corrected chi connectivity index (χ2v) is 30.0. The van der Waals surface area contributed by atoms with Crippen molar-refractivity contribution in [2.75, 3.05) is 14.7 Å². The lowest BCUT2D eigenvalue weighted by Gasteiger charge is -2.57. The lowest BCUT2D eigenvalue weighted by molar-refractivity contribution is 0.0900. The number of aromatic nitrogens is 1. The van der Waals surface area contributed by atoms with E-state index in [1.807, 2.05) is 12.2 Å². The van der Waals surface area contributed by atoms with Crippen LogP contribution in [0.2, 0.25) is 0 Å². The Kier molecular flexibility index (Phi) is 14.7. The van der Waals surface area contributed by atoms with Crippen LogP contribution in [0.1, 0.15) is 75.5 Å². The number of piperidine rings is 2. The molecule has 1 aromatic heterocycles. The van der Waals surface area contributed by atoms with Gasteiger partial charge in [-0.3, -0.25) is 0 Å². The van der Waals surface area contributed by atoms with Gasteiger partial charge < -0.3 is 19.3 Å². The standard InChI is InChI=1S/C96H79BN4/c1-5-6-7-13-38-72-56-83(69-34-20-11-21-35-69)95(92(72)70-36-22-12-23-37-70)101-89-60-75(98-76-52-63-51-64(54-76)55-77(98)53-63)48-49-84(89)97-85-59-71(66-43-46-74(47-44-66)96(2,3)4)45-50-88(85)100(90-61-78(62-91(101)93(90)97)99-86-41-26-24-39-79(86)80-40-25-27-42-87(80)99)94-81(67-30-16-9-17-31-67)57-73(65-28-14-8-15-29-65)58-82(94)68-32-18-10-19-33-68/h5-50,56-64,76-77,92H,1,51-55H2,2-4H3/b7-6-,38-13?/t63?,64?,76?,77?,92-/m0/s1. The highest BCUT2D eigenvalue weighted by Crippen LogP contribution is 2.57. The zero-order valence-corrected chi connectivity index (χ0v) is 57.6. The molecule has 4 fully saturated rings. The van der Waals surface area contributed by atoms with Crippen LogP contribution in [0.5, 0.6) is 0 Å². The number of hydrogen-bond donors (Lipinski definition) is 0. The number of fused-ring (bicyclic) bond motifs is 7. The summed E-state index contributed by atoms with van der Waals surface area (Å²) in [5.41, 5.74) is 31.2. The summed E-state index contributed by atoms with van der Waals surface area (Å²) in [6.45, 7) is 10.8. The maximum atomic E-state index is 4.08. The van der Waals surface area contributed by atoms with E-state index >= 15 is 0 Å². The van der Waals surface area contributed by atoms with Crippen LogP contribution in [-0.4, -0.2) is 23.4 Å². The minimum Gasteiger partial charge on any atom is -0.365 e. The molecule has 20 rings (SSSR count). The largest absolute Gasteiger partial charge is 0.365 e. The fourth-order valence-electron chi connectivity index (χ4n) is 18.8. The predicted octanol–water partition coefficient (Wildman–Crippen LogP) is 22.7. The average molecular weight is 1300 g/mol. The second kappa shape index (κ2) is 24.5. The van der Waals surface area contributed by atoms with E-state index in [0.29, 0.717) is 12.1 Å². The topological polar surface area (TPSA) is 14.7 Å². The maximum absolute atomic E-state index is 4.08. The van der Waals surface area contributed by atoms with E-state index in [4.69, 9.17) is 0 Å². The quantitative estimate of drug-likeness (QED) is 0.0845. The van der Waals surface area contributed by atoms with Crippen molar-refractivity contribution in [3.63, 3.8) is 0 Å². The number of allylic oxidation sites excluding steroid dienone is 8. The molecule has 4 nitrogen and oxygen atoms in total. The summed E-state index contributed by atoms with van der Waals surface area (Å²) < 4.78 is 2.57. The van der Waals surface area contributed by atoms with Gasteiger partial charge in [-0.05, 0) is 182 Å². The summed E-state index contributed by atoms with van der Waals surface area (Å²) in [4.78, 5) is 8.45. The van der Waals surface area contributed by atoms with Gasteiger partial charge >= 0.3 is 0 Å². The van der Waals surface area contributed by atoms with Crippen molar-refractivity contribution in [1.82, 2.24) is 4.57 Å². The molecular weight excluding hydrogens is 1220 g/mol. The Balaban J connectivity index is 0.986. The molecule has 2 saturated heterocycles. The SMILES string of the molecule is C=C/C=C\C=CC1=CC(c2ccccc2)=C(N2c3cc(N4C5CC6CC(C5)CC4C6)ccc3B3c4cc(-c5ccc(C(C)(C)C)cc5)ccc4N(c4c(-c5ccccc5)cc(-c5ccccc5)cc4-c4ccccc4)c4cc(-n5c6ccccc6c6ccccc65)cc2c43)[C@H]1c1ccccc1. The molecule has 3 aliphatic carbocycles. The number of anilines is 6. The zero-order chi connectivity index (χ0) is 67.5. The molecule has 0 spiro atoms. The first kappa shape index (κ1) is 60.8. The highest BCUT2D eigenvalue weighted by molar-refractivity contribution is 7.00. The Hall–Kier alpha value is -11.4. The Morgan fingerprint density at radius 3 is 1.53 bits per heavy atom. The Morgan fingerprint density at radius 2 is 0.941 bits per heavy atom. The van der Waals surface area contributed by atoms with E-state index in [9.17, 15) is 0 Å². The molecule has 5 heterocycles. The van der Waals surface area contributed by atoms with Crippen LogP contribution in [-0.2, 0) is 5.41 Å². The van der Waals surface area contributed by atoms with Crippen molar-refractivity contribution in [3.8, 4) is 50.2 Å². The monoisotopic (exact) mass is 1300 g/mol. The molecule has 486 valence electrons. The fourth-order valence-corrected chi connectivity index (χ4v) is 18.8. The molecule has 4 bridgehead atoms. The van der Waals surface area contributed by atoms with E-state index < -0.39 is 0 Å². The molecule has 5 heteroatoms. The zero-order valence-electron chi connectivity index (χ0n) is 57.6. The molecule has 0 N–H and O–H groups in total. The average Bonchev–Trinajstić information content (AvgIpc) is 1.51. The molecule has 0 amide bonds. The molecule has 13 aromatic rings. The van der Waals surface area contributed by atoms with Gasteiger partial charge in [-0.2, -0.15) is 0 Å². The molecule has 4 aliphatic heterocycles. The van der Waals surface area contributed by atoms with Crippen LogP contribution in [0.3, 0.4) is 0 Å². The van der Waals surface area contributed by atoms with Crippen molar-refractivity contribution in [3.05, 3.63) is 356 Å². The Bertz CT molecular complexity index is 5400. The highest BCUT2D eigenvalue weighted by Gasteiger charge is 2.50. The third-order valence-electron chi connectivity index (χ3n) is 23.0. The predicted molar refractivity (Wildman–Crippen MR) is 428 cm³/mol. The summed E-state index contributed by atoms with van der Waals surface area (Å²) in [7, 11) is 0. The lowest BCUT2D eigenvalue weighted by atomic mass is 9.33. The number of para-hydroxylation sites is 2. The van der Waals surface area contributed by atoms with E-state index in [1.165, 1.54) is 127 Å². The first-order valence-electron chi connectivity index (χ1n) is 36.5. The first-order valence-corrected chi connectivity index (χ1v) is 36.5. The minimum absolute atomic E-state index is 0.00358. The van der Waals surface area contributed by atoms with Gasteiger partial charge in [0.25, 0.3) is 6.71 Å². The van der Waals surface area contributed by atoms with E-state index in [1.54, 1.807) is 0 Å². The lowest BCUT2D eigenvalue weighted by Crippen LogP contribution is -2.62. The summed E-state index contributed by atoms with van der Waals surface area (Å²) in [5.74, 6) is 1.45. The van der Waals surface area contributed by atoms with Gasteiger partial charge in [-0.25, -0.2) is 0 Å². The number of hydrogen-bond acceptors (Lipinski definition) is 3. The summed E-state index contributed by atoms with van der Waals surface area (Å²) in [6.07, 6.45) is 19.6. The van der Waals surface area contributed by atoms with Crippen molar-refractivity contribution >= 4 is 84.6 Å². The van der Waals surface area contributed by atoms with Crippen LogP contribution in [0.4, 0.5) is 34.1 Å². The van der Waals surface area contributed by atoms with E-state index in [0.717, 1.165) is 73.4 Å². The summed E-state index contributed by atoms with van der Waals surface area (Å²) >= 11 is 0. The Labute approximate surface area is 594 Å². The van der Waals surface area contributed by atoms with Crippen LogP contribution in [0, 0.1) is 11.8 Å². The van der Waals surface area contributed by atoms with Crippen LogP contribution < -0.4 is 31.1 Å². The molecule has 12 aromatic carbocycles. The molecule has 101 heavy (non-hydrogen) atoms. The number of nitrogens with zero attached hydrogens (tertiary/aromatic N) is 4. The van der Waals surface area contributed by atoms with Crippen molar-refractivity contribution in [2.24, 2.45) is 11.8 Å². The van der Waals surface area contributed by atoms with Crippen molar-refractivity contribution < 1.29 is 0 Å². The second-order valence-electron chi connectivity index (χ2n) is 30.0. The van der Waals surface area contributed by atoms with E-state index in [-0.39, 0.29) is 18.0 Å². The van der Waals surface area contributed by atoms with Crippen molar-refractivity contribution in [2.45, 2.75) is 76.3 Å². The van der Waals surface area contributed by atoms with Crippen LogP contribution >= 0.6 is 0 Å². The van der Waals surface area contributed by atoms with E-state index in [2.05, 4.69) is 356 Å². The third kappa shape index (κ3) is 10.3. The summed E-state index contributed by atoms with van der Waals surface area (Å²) in [6, 6.07) is 110. The normalized spacial score (nSPS) is 18.8. The summed E-state index contributed by atoms with van der Waals surface area (Å²) in [5, 5.41) is 2.45. The van der Waals surface area contributed by atoms with Crippen LogP contribution in [0.15, 0.2) is 339 Å².